The lowest BCUT2D eigenvalue weighted by Crippen LogP contribution is -2.22. The van der Waals surface area contributed by atoms with Crippen LogP contribution in [0.25, 0.3) is 0 Å². The molecule has 0 fully saturated rings. The van der Waals surface area contributed by atoms with Crippen molar-refractivity contribution < 1.29 is 19.7 Å². The number of aliphatic hydroxyl groups is 1. The van der Waals surface area contributed by atoms with Gasteiger partial charge in [-0.05, 0) is 74.4 Å². The first-order valence-corrected chi connectivity index (χ1v) is 9.73. The highest BCUT2D eigenvalue weighted by Gasteiger charge is 2.28. The Kier molecular flexibility index (Phi) is 6.25. The Labute approximate surface area is 176 Å². The van der Waals surface area contributed by atoms with Crippen molar-refractivity contribution in [3.8, 4) is 17.6 Å². The summed E-state index contributed by atoms with van der Waals surface area (Å²) >= 11 is 0. The van der Waals surface area contributed by atoms with Gasteiger partial charge in [-0.2, -0.15) is 0 Å². The van der Waals surface area contributed by atoms with Gasteiger partial charge in [-0.25, -0.2) is 4.79 Å². The highest BCUT2D eigenvalue weighted by Crippen LogP contribution is 2.35. The van der Waals surface area contributed by atoms with Gasteiger partial charge in [0.1, 0.15) is 11.4 Å². The fraction of sp³-hybridized carbons (Fsp3) is 0.192. The van der Waals surface area contributed by atoms with E-state index in [1.807, 2.05) is 25.1 Å². The Balaban J connectivity index is 1.77. The Morgan fingerprint density at radius 2 is 1.53 bits per heavy atom. The van der Waals surface area contributed by atoms with E-state index < -0.39 is 5.60 Å². The molecule has 0 heterocycles. The molecule has 152 valence electrons. The van der Waals surface area contributed by atoms with Gasteiger partial charge in [0.25, 0.3) is 0 Å². The molecule has 0 saturated carbocycles. The first-order chi connectivity index (χ1) is 14.3. The third-order valence-corrected chi connectivity index (χ3v) is 4.87. The summed E-state index contributed by atoms with van der Waals surface area (Å²) in [5.74, 6) is 5.85. The second-order valence-corrected chi connectivity index (χ2v) is 7.22. The molecular formula is C26H24O4. The van der Waals surface area contributed by atoms with E-state index >= 15 is 0 Å². The number of carbonyl (C=O) groups excluding carboxylic acids is 1. The van der Waals surface area contributed by atoms with Crippen molar-refractivity contribution in [2.45, 2.75) is 26.4 Å². The number of aryl methyl sites for hydroxylation is 1. The average Bonchev–Trinajstić information content (AvgIpc) is 2.73. The van der Waals surface area contributed by atoms with E-state index in [0.717, 1.165) is 16.7 Å². The van der Waals surface area contributed by atoms with Gasteiger partial charge < -0.3 is 14.9 Å². The summed E-state index contributed by atoms with van der Waals surface area (Å²) in [6, 6.07) is 19.4. The van der Waals surface area contributed by atoms with Gasteiger partial charge in [-0.3, -0.25) is 0 Å². The zero-order valence-corrected chi connectivity index (χ0v) is 17.3. The molecule has 4 nitrogen and oxygen atoms in total. The molecule has 4 heteroatoms. The van der Waals surface area contributed by atoms with Crippen LogP contribution in [-0.4, -0.2) is 22.8 Å². The molecule has 1 atom stereocenters. The summed E-state index contributed by atoms with van der Waals surface area (Å²) in [7, 11) is 0. The van der Waals surface area contributed by atoms with E-state index in [9.17, 15) is 15.0 Å². The first-order valence-electron chi connectivity index (χ1n) is 9.73. The van der Waals surface area contributed by atoms with E-state index in [4.69, 9.17) is 4.74 Å². The van der Waals surface area contributed by atoms with Crippen LogP contribution in [0.1, 0.15) is 52.0 Å². The molecule has 0 amide bonds. The summed E-state index contributed by atoms with van der Waals surface area (Å²) in [4.78, 5) is 11.7. The number of esters is 1. The number of hydrogen-bond donors (Lipinski definition) is 2. The summed E-state index contributed by atoms with van der Waals surface area (Å²) in [6.07, 6.45) is 0. The SMILES string of the molecule is CCOC(=O)c1ccc(C#Cc2ccc(C(C)(O)c3ccc(C)cc3O)cc2)cc1. The van der Waals surface area contributed by atoms with E-state index in [0.29, 0.717) is 23.3 Å². The third kappa shape index (κ3) is 4.71. The van der Waals surface area contributed by atoms with Crippen LogP contribution in [0.3, 0.4) is 0 Å². The maximum absolute atomic E-state index is 11.7. The topological polar surface area (TPSA) is 66.8 Å². The first kappa shape index (κ1) is 21.2. The monoisotopic (exact) mass is 400 g/mol. The van der Waals surface area contributed by atoms with Crippen molar-refractivity contribution in [1.82, 2.24) is 0 Å². The van der Waals surface area contributed by atoms with Gasteiger partial charge in [0.15, 0.2) is 0 Å². The van der Waals surface area contributed by atoms with Crippen molar-refractivity contribution in [3.63, 3.8) is 0 Å². The molecule has 0 saturated heterocycles. The van der Waals surface area contributed by atoms with E-state index in [2.05, 4.69) is 11.8 Å². The van der Waals surface area contributed by atoms with Crippen molar-refractivity contribution in [2.24, 2.45) is 0 Å². The lowest BCUT2D eigenvalue weighted by atomic mass is 9.87. The molecule has 3 aromatic rings. The largest absolute Gasteiger partial charge is 0.508 e. The third-order valence-electron chi connectivity index (χ3n) is 4.87. The van der Waals surface area contributed by atoms with Crippen LogP contribution in [0.15, 0.2) is 66.7 Å². The number of benzene rings is 3. The fourth-order valence-electron chi connectivity index (χ4n) is 3.14. The highest BCUT2D eigenvalue weighted by atomic mass is 16.5. The van der Waals surface area contributed by atoms with Gasteiger partial charge in [0.2, 0.25) is 0 Å². The lowest BCUT2D eigenvalue weighted by Gasteiger charge is -2.25. The highest BCUT2D eigenvalue weighted by molar-refractivity contribution is 5.89. The normalized spacial score (nSPS) is 12.4. The zero-order valence-electron chi connectivity index (χ0n) is 17.3. The molecule has 0 bridgehead atoms. The quantitative estimate of drug-likeness (QED) is 0.499. The predicted molar refractivity (Wildman–Crippen MR) is 116 cm³/mol. The van der Waals surface area contributed by atoms with Crippen LogP contribution in [0.5, 0.6) is 5.75 Å². The number of phenolic OH excluding ortho intramolecular Hbond substituents is 1. The van der Waals surface area contributed by atoms with Crippen molar-refractivity contribution in [1.29, 1.82) is 0 Å². The van der Waals surface area contributed by atoms with Gasteiger partial charge in [-0.15, -0.1) is 0 Å². The number of ether oxygens (including phenoxy) is 1. The molecular weight excluding hydrogens is 376 g/mol. The van der Waals surface area contributed by atoms with Crippen LogP contribution in [0.4, 0.5) is 0 Å². The maximum Gasteiger partial charge on any atom is 0.338 e. The molecule has 2 N–H and O–H groups in total. The Hall–Kier alpha value is -3.55. The minimum atomic E-state index is -1.33. The van der Waals surface area contributed by atoms with Crippen molar-refractivity contribution >= 4 is 5.97 Å². The van der Waals surface area contributed by atoms with Crippen molar-refractivity contribution in [2.75, 3.05) is 6.61 Å². The Bertz CT molecular complexity index is 1100. The Morgan fingerprint density at radius 3 is 2.07 bits per heavy atom. The molecule has 3 rings (SSSR count). The molecule has 3 aromatic carbocycles. The van der Waals surface area contributed by atoms with Crippen molar-refractivity contribution in [3.05, 3.63) is 100 Å². The fourth-order valence-corrected chi connectivity index (χ4v) is 3.14. The van der Waals surface area contributed by atoms with E-state index in [-0.39, 0.29) is 11.7 Å². The average molecular weight is 400 g/mol. The molecule has 0 aliphatic carbocycles. The van der Waals surface area contributed by atoms with Gasteiger partial charge in [0.05, 0.1) is 12.2 Å². The molecule has 0 spiro atoms. The number of phenols is 1. The maximum atomic E-state index is 11.7. The van der Waals surface area contributed by atoms with Gasteiger partial charge >= 0.3 is 5.97 Å². The summed E-state index contributed by atoms with van der Waals surface area (Å²) in [5, 5.41) is 21.2. The molecule has 0 aliphatic heterocycles. The number of carbonyl (C=O) groups is 1. The minimum Gasteiger partial charge on any atom is -0.508 e. The second-order valence-electron chi connectivity index (χ2n) is 7.22. The molecule has 30 heavy (non-hydrogen) atoms. The summed E-state index contributed by atoms with van der Waals surface area (Å²) in [5.41, 5.74) is 2.77. The number of hydrogen-bond acceptors (Lipinski definition) is 4. The molecule has 0 aromatic heterocycles. The molecule has 1 unspecified atom stereocenters. The number of rotatable bonds is 4. The minimum absolute atomic E-state index is 0.0649. The van der Waals surface area contributed by atoms with E-state index in [1.54, 1.807) is 62.4 Å². The van der Waals surface area contributed by atoms with Crippen LogP contribution in [0.2, 0.25) is 0 Å². The van der Waals surface area contributed by atoms with E-state index in [1.165, 1.54) is 0 Å². The standard InChI is InChI=1S/C26H24O4/c1-4-30-25(28)21-12-8-19(9-13-21)6-7-20-10-14-22(15-11-20)26(3,29)23-16-5-18(2)17-24(23)27/h5,8-17,27,29H,4H2,1-3H3. The van der Waals surface area contributed by atoms with Crippen LogP contribution >= 0.6 is 0 Å². The molecule has 0 aliphatic rings. The molecule has 0 radical (unpaired) electrons. The van der Waals surface area contributed by atoms with Gasteiger partial charge in [0, 0.05) is 16.7 Å². The second kappa shape index (κ2) is 8.86. The number of aromatic hydroxyl groups is 1. The van der Waals surface area contributed by atoms with Gasteiger partial charge in [-0.1, -0.05) is 36.1 Å². The summed E-state index contributed by atoms with van der Waals surface area (Å²) < 4.78 is 4.97. The summed E-state index contributed by atoms with van der Waals surface area (Å²) in [6.45, 7) is 5.65. The lowest BCUT2D eigenvalue weighted by molar-refractivity contribution is 0.0526. The Morgan fingerprint density at radius 1 is 0.967 bits per heavy atom. The predicted octanol–water partition coefficient (Wildman–Crippen LogP) is 4.53. The smallest absolute Gasteiger partial charge is 0.338 e. The van der Waals surface area contributed by atoms with Crippen LogP contribution < -0.4 is 0 Å². The van der Waals surface area contributed by atoms with Crippen LogP contribution in [-0.2, 0) is 10.3 Å². The zero-order chi connectivity index (χ0) is 21.7. The van der Waals surface area contributed by atoms with Crippen LogP contribution in [0, 0.1) is 18.8 Å².